The van der Waals surface area contributed by atoms with Crippen molar-refractivity contribution in [3.63, 3.8) is 0 Å². The van der Waals surface area contributed by atoms with Crippen molar-refractivity contribution in [2.24, 2.45) is 0 Å². The van der Waals surface area contributed by atoms with Gasteiger partial charge in [0.05, 0.1) is 19.5 Å². The maximum absolute atomic E-state index is 12.9. The summed E-state index contributed by atoms with van der Waals surface area (Å²) in [6.07, 6.45) is 0.261. The average molecular weight is 372 g/mol. The zero-order valence-electron chi connectivity index (χ0n) is 16.0. The normalized spacial score (nSPS) is 10.3. The summed E-state index contributed by atoms with van der Waals surface area (Å²) in [6, 6.07) is 27.1. The van der Waals surface area contributed by atoms with Gasteiger partial charge in [-0.2, -0.15) is 0 Å². The van der Waals surface area contributed by atoms with E-state index in [9.17, 15) is 9.59 Å². The molecule has 0 aliphatic rings. The Labute approximate surface area is 165 Å². The van der Waals surface area contributed by atoms with Crippen LogP contribution in [0.25, 0.3) is 0 Å². The minimum atomic E-state index is -0.162. The first kappa shape index (κ1) is 19.4. The summed E-state index contributed by atoms with van der Waals surface area (Å²) < 4.78 is 0. The lowest BCUT2D eigenvalue weighted by atomic mass is 10.1. The minimum absolute atomic E-state index is 0.0353. The summed E-state index contributed by atoms with van der Waals surface area (Å²) in [5, 5.41) is 2.75. The number of rotatable bonds is 7. The highest BCUT2D eigenvalue weighted by atomic mass is 16.2. The van der Waals surface area contributed by atoms with Gasteiger partial charge in [-0.05, 0) is 30.2 Å². The number of aryl methyl sites for hydroxylation is 1. The number of amides is 2. The van der Waals surface area contributed by atoms with Crippen molar-refractivity contribution in [2.75, 3.05) is 11.4 Å². The highest BCUT2D eigenvalue weighted by molar-refractivity contribution is 5.96. The van der Waals surface area contributed by atoms with Gasteiger partial charge < -0.3 is 10.2 Å². The van der Waals surface area contributed by atoms with Crippen LogP contribution >= 0.6 is 0 Å². The number of para-hydroxylation sites is 1. The first-order valence-corrected chi connectivity index (χ1v) is 9.33. The van der Waals surface area contributed by atoms with E-state index in [1.54, 1.807) is 4.90 Å². The van der Waals surface area contributed by atoms with E-state index < -0.39 is 0 Å². The van der Waals surface area contributed by atoms with Crippen molar-refractivity contribution in [3.8, 4) is 0 Å². The van der Waals surface area contributed by atoms with Crippen molar-refractivity contribution in [1.29, 1.82) is 0 Å². The third-order valence-electron chi connectivity index (χ3n) is 4.47. The van der Waals surface area contributed by atoms with Crippen LogP contribution in [0, 0.1) is 6.92 Å². The maximum Gasteiger partial charge on any atom is 0.246 e. The minimum Gasteiger partial charge on any atom is -0.347 e. The summed E-state index contributed by atoms with van der Waals surface area (Å²) in [4.78, 5) is 26.8. The van der Waals surface area contributed by atoms with Crippen molar-refractivity contribution in [1.82, 2.24) is 5.32 Å². The zero-order valence-corrected chi connectivity index (χ0v) is 16.0. The summed E-state index contributed by atoms with van der Waals surface area (Å²) in [5.74, 6) is -0.308. The average Bonchev–Trinajstić information content (AvgIpc) is 2.73. The SMILES string of the molecule is Cc1ccc(CC(=O)NCC(=O)N(Cc2ccccc2)c2ccccc2)cc1. The van der Waals surface area contributed by atoms with Gasteiger partial charge in [-0.15, -0.1) is 0 Å². The summed E-state index contributed by atoms with van der Waals surface area (Å²) in [5.41, 5.74) is 3.92. The van der Waals surface area contributed by atoms with Crippen LogP contribution in [0.15, 0.2) is 84.9 Å². The molecule has 4 nitrogen and oxygen atoms in total. The fourth-order valence-corrected chi connectivity index (χ4v) is 2.92. The van der Waals surface area contributed by atoms with E-state index >= 15 is 0 Å². The summed E-state index contributed by atoms with van der Waals surface area (Å²) >= 11 is 0. The first-order chi connectivity index (χ1) is 13.6. The molecule has 0 aliphatic heterocycles. The standard InChI is InChI=1S/C24H24N2O2/c1-19-12-14-20(15-13-19)16-23(27)25-17-24(28)26(22-10-6-3-7-11-22)18-21-8-4-2-5-9-21/h2-15H,16-18H2,1H3,(H,25,27). The van der Waals surface area contributed by atoms with E-state index in [0.717, 1.165) is 22.4 Å². The number of anilines is 1. The highest BCUT2D eigenvalue weighted by Gasteiger charge is 2.17. The Morgan fingerprint density at radius 1 is 0.786 bits per heavy atom. The van der Waals surface area contributed by atoms with E-state index in [2.05, 4.69) is 5.32 Å². The highest BCUT2D eigenvalue weighted by Crippen LogP contribution is 2.17. The molecule has 0 unspecified atom stereocenters. The van der Waals surface area contributed by atoms with E-state index in [-0.39, 0.29) is 24.8 Å². The lowest BCUT2D eigenvalue weighted by Crippen LogP contribution is -2.40. The van der Waals surface area contributed by atoms with Gasteiger partial charge in [0.1, 0.15) is 0 Å². The van der Waals surface area contributed by atoms with E-state index in [1.165, 1.54) is 0 Å². The number of nitrogens with zero attached hydrogens (tertiary/aromatic N) is 1. The molecular formula is C24H24N2O2. The molecule has 2 amide bonds. The zero-order chi connectivity index (χ0) is 19.8. The fraction of sp³-hybridized carbons (Fsp3) is 0.167. The quantitative estimate of drug-likeness (QED) is 0.684. The number of hydrogen-bond acceptors (Lipinski definition) is 2. The number of carbonyl (C=O) groups excluding carboxylic acids is 2. The second-order valence-electron chi connectivity index (χ2n) is 6.74. The second-order valence-corrected chi connectivity index (χ2v) is 6.74. The summed E-state index contributed by atoms with van der Waals surface area (Å²) in [6.45, 7) is 2.43. The van der Waals surface area contributed by atoms with Crippen LogP contribution in [0.1, 0.15) is 16.7 Å². The molecule has 0 atom stereocenters. The van der Waals surface area contributed by atoms with Crippen LogP contribution in [0.4, 0.5) is 5.69 Å². The molecule has 0 spiro atoms. The van der Waals surface area contributed by atoms with Crippen molar-refractivity contribution in [2.45, 2.75) is 19.9 Å². The molecule has 1 N–H and O–H groups in total. The van der Waals surface area contributed by atoms with Gasteiger partial charge in [0.25, 0.3) is 0 Å². The molecule has 0 bridgehead atoms. The van der Waals surface area contributed by atoms with Crippen LogP contribution in [-0.2, 0) is 22.6 Å². The lowest BCUT2D eigenvalue weighted by molar-refractivity contribution is -0.124. The Morgan fingerprint density at radius 2 is 1.39 bits per heavy atom. The predicted octanol–water partition coefficient (Wildman–Crippen LogP) is 3.89. The lowest BCUT2D eigenvalue weighted by Gasteiger charge is -2.23. The number of nitrogens with one attached hydrogen (secondary N) is 1. The third kappa shape index (κ3) is 5.55. The number of benzene rings is 3. The molecule has 0 saturated carbocycles. The smallest absolute Gasteiger partial charge is 0.246 e. The van der Waals surface area contributed by atoms with Gasteiger partial charge in [0.15, 0.2) is 0 Å². The molecule has 3 rings (SSSR count). The fourth-order valence-electron chi connectivity index (χ4n) is 2.92. The third-order valence-corrected chi connectivity index (χ3v) is 4.47. The summed E-state index contributed by atoms with van der Waals surface area (Å²) in [7, 11) is 0. The monoisotopic (exact) mass is 372 g/mol. The van der Waals surface area contributed by atoms with Crippen LogP contribution in [-0.4, -0.2) is 18.4 Å². The number of carbonyl (C=O) groups is 2. The van der Waals surface area contributed by atoms with E-state index in [4.69, 9.17) is 0 Å². The molecule has 142 valence electrons. The molecule has 0 aromatic heterocycles. The topological polar surface area (TPSA) is 49.4 Å². The van der Waals surface area contributed by atoms with Gasteiger partial charge >= 0.3 is 0 Å². The van der Waals surface area contributed by atoms with Crippen LogP contribution in [0.2, 0.25) is 0 Å². The molecule has 0 saturated heterocycles. The molecule has 0 fully saturated rings. The van der Waals surface area contributed by atoms with Crippen LogP contribution < -0.4 is 10.2 Å². The van der Waals surface area contributed by atoms with Crippen LogP contribution in [0.5, 0.6) is 0 Å². The molecule has 0 aliphatic carbocycles. The van der Waals surface area contributed by atoms with Gasteiger partial charge in [0.2, 0.25) is 11.8 Å². The van der Waals surface area contributed by atoms with E-state index in [1.807, 2.05) is 91.9 Å². The molecular weight excluding hydrogens is 348 g/mol. The second kappa shape index (κ2) is 9.51. The van der Waals surface area contributed by atoms with Gasteiger partial charge in [-0.25, -0.2) is 0 Å². The van der Waals surface area contributed by atoms with Crippen molar-refractivity contribution >= 4 is 17.5 Å². The molecule has 3 aromatic carbocycles. The van der Waals surface area contributed by atoms with E-state index in [0.29, 0.717) is 6.54 Å². The Balaban J connectivity index is 1.64. The van der Waals surface area contributed by atoms with Crippen LogP contribution in [0.3, 0.4) is 0 Å². The molecule has 28 heavy (non-hydrogen) atoms. The Morgan fingerprint density at radius 3 is 2.04 bits per heavy atom. The van der Waals surface area contributed by atoms with Crippen molar-refractivity contribution < 1.29 is 9.59 Å². The number of hydrogen-bond donors (Lipinski definition) is 1. The molecule has 3 aromatic rings. The first-order valence-electron chi connectivity index (χ1n) is 9.33. The largest absolute Gasteiger partial charge is 0.347 e. The predicted molar refractivity (Wildman–Crippen MR) is 112 cm³/mol. The van der Waals surface area contributed by atoms with Crippen molar-refractivity contribution in [3.05, 3.63) is 102 Å². The van der Waals surface area contributed by atoms with Gasteiger partial charge in [-0.3, -0.25) is 9.59 Å². The maximum atomic E-state index is 12.9. The molecule has 0 heterocycles. The molecule has 4 heteroatoms. The Bertz CT molecular complexity index is 906. The Hall–Kier alpha value is -3.40. The van der Waals surface area contributed by atoms with Gasteiger partial charge in [-0.1, -0.05) is 78.4 Å². The molecule has 0 radical (unpaired) electrons. The van der Waals surface area contributed by atoms with Gasteiger partial charge in [0, 0.05) is 5.69 Å². The Kier molecular flexibility index (Phi) is 6.58.